The Morgan fingerprint density at radius 1 is 1.09 bits per heavy atom. The Morgan fingerprint density at radius 2 is 1.88 bits per heavy atom. The Hall–Kier alpha value is -3.46. The third-order valence-corrected chi connectivity index (χ3v) is 5.44. The number of hydrogen-bond donors (Lipinski definition) is 2. The Kier molecular flexibility index (Phi) is 7.42. The van der Waals surface area contributed by atoms with Crippen LogP contribution >= 0.6 is 23.2 Å². The van der Waals surface area contributed by atoms with Crippen molar-refractivity contribution in [3.05, 3.63) is 93.9 Å². The van der Waals surface area contributed by atoms with Crippen molar-refractivity contribution in [2.24, 2.45) is 0 Å². The summed E-state index contributed by atoms with van der Waals surface area (Å²) in [6, 6.07) is 16.1. The van der Waals surface area contributed by atoms with Crippen LogP contribution in [0, 0.1) is 0 Å². The van der Waals surface area contributed by atoms with E-state index in [1.807, 2.05) is 24.4 Å². The fourth-order valence-corrected chi connectivity index (χ4v) is 3.47. The number of hydroxylamine groups is 1. The number of halogens is 2. The molecule has 4 aromatic rings. The largest absolute Gasteiger partial charge is 0.323 e. The van der Waals surface area contributed by atoms with Gasteiger partial charge in [0.2, 0.25) is 5.95 Å². The van der Waals surface area contributed by atoms with Crippen LogP contribution in [0.3, 0.4) is 0 Å². The summed E-state index contributed by atoms with van der Waals surface area (Å²) in [5.41, 5.74) is 5.25. The normalized spacial score (nSPS) is 11.0. The van der Waals surface area contributed by atoms with E-state index in [1.54, 1.807) is 41.1 Å². The molecule has 0 saturated heterocycles. The maximum Gasteiger partial charge on any atom is 0.274 e. The van der Waals surface area contributed by atoms with Crippen LogP contribution in [0.25, 0.3) is 5.82 Å². The zero-order valence-electron chi connectivity index (χ0n) is 18.5. The molecule has 2 heterocycles. The molecule has 0 radical (unpaired) electrons. The van der Waals surface area contributed by atoms with Gasteiger partial charge < -0.3 is 5.32 Å². The molecule has 174 valence electrons. The molecule has 2 N–H and O–H groups in total. The highest BCUT2D eigenvalue weighted by molar-refractivity contribution is 6.33. The SMILES string of the molecule is CC(C)c1ccn(-c2nc(Nc3ccc(CONC(=O)c4ccccc4)cc3Cl)ncc2Cl)n1. The van der Waals surface area contributed by atoms with Gasteiger partial charge in [0.1, 0.15) is 5.02 Å². The molecule has 0 aliphatic heterocycles. The van der Waals surface area contributed by atoms with Crippen LogP contribution in [0.1, 0.15) is 41.4 Å². The molecule has 0 unspecified atom stereocenters. The molecule has 34 heavy (non-hydrogen) atoms. The first-order valence-electron chi connectivity index (χ1n) is 10.5. The van der Waals surface area contributed by atoms with Crippen molar-refractivity contribution in [1.29, 1.82) is 0 Å². The average molecular weight is 497 g/mol. The molecule has 0 aliphatic carbocycles. The summed E-state index contributed by atoms with van der Waals surface area (Å²) < 4.78 is 1.62. The maximum absolute atomic E-state index is 12.0. The summed E-state index contributed by atoms with van der Waals surface area (Å²) in [4.78, 5) is 26.1. The van der Waals surface area contributed by atoms with Gasteiger partial charge in [-0.25, -0.2) is 15.1 Å². The van der Waals surface area contributed by atoms with E-state index in [1.165, 1.54) is 6.20 Å². The quantitative estimate of drug-likeness (QED) is 0.304. The molecule has 0 spiro atoms. The second-order valence-corrected chi connectivity index (χ2v) is 8.54. The fraction of sp³-hybridized carbons (Fsp3) is 0.167. The molecule has 0 fully saturated rings. The Balaban J connectivity index is 1.41. The molecule has 10 heteroatoms. The Morgan fingerprint density at radius 3 is 2.59 bits per heavy atom. The highest BCUT2D eigenvalue weighted by Gasteiger charge is 2.12. The average Bonchev–Trinajstić information content (AvgIpc) is 3.33. The van der Waals surface area contributed by atoms with Crippen LogP contribution in [0.2, 0.25) is 10.0 Å². The van der Waals surface area contributed by atoms with Crippen LogP contribution in [-0.4, -0.2) is 25.7 Å². The lowest BCUT2D eigenvalue weighted by Crippen LogP contribution is -2.23. The van der Waals surface area contributed by atoms with Gasteiger partial charge in [-0.1, -0.05) is 61.3 Å². The third-order valence-electron chi connectivity index (χ3n) is 4.86. The van der Waals surface area contributed by atoms with E-state index in [4.69, 9.17) is 28.0 Å². The number of hydrogen-bond acceptors (Lipinski definition) is 6. The van der Waals surface area contributed by atoms with Crippen LogP contribution in [0.5, 0.6) is 0 Å². The number of carbonyl (C=O) groups is 1. The van der Waals surface area contributed by atoms with Crippen LogP contribution in [0.15, 0.2) is 67.0 Å². The molecule has 0 aliphatic rings. The molecular weight excluding hydrogens is 475 g/mol. The zero-order valence-corrected chi connectivity index (χ0v) is 20.0. The van der Waals surface area contributed by atoms with Crippen molar-refractivity contribution in [2.75, 3.05) is 5.32 Å². The van der Waals surface area contributed by atoms with Crippen LogP contribution in [-0.2, 0) is 11.4 Å². The van der Waals surface area contributed by atoms with Gasteiger partial charge in [0.25, 0.3) is 5.91 Å². The van der Waals surface area contributed by atoms with Gasteiger partial charge in [-0.15, -0.1) is 0 Å². The van der Waals surface area contributed by atoms with Gasteiger partial charge in [-0.05, 0) is 41.8 Å². The highest BCUT2D eigenvalue weighted by atomic mass is 35.5. The molecular formula is C24H22Cl2N6O2. The first-order valence-corrected chi connectivity index (χ1v) is 11.3. The van der Waals surface area contributed by atoms with Gasteiger partial charge in [0, 0.05) is 11.8 Å². The molecule has 2 aromatic heterocycles. The summed E-state index contributed by atoms with van der Waals surface area (Å²) in [6.45, 7) is 4.28. The highest BCUT2D eigenvalue weighted by Crippen LogP contribution is 2.27. The van der Waals surface area contributed by atoms with Gasteiger partial charge in [-0.2, -0.15) is 10.1 Å². The topological polar surface area (TPSA) is 94.0 Å². The summed E-state index contributed by atoms with van der Waals surface area (Å²) in [6.07, 6.45) is 3.32. The second kappa shape index (κ2) is 10.6. The Bertz CT molecular complexity index is 1290. The monoisotopic (exact) mass is 496 g/mol. The summed E-state index contributed by atoms with van der Waals surface area (Å²) in [5.74, 6) is 0.745. The third kappa shape index (κ3) is 5.72. The van der Waals surface area contributed by atoms with Gasteiger partial charge in [0.05, 0.1) is 29.2 Å². The van der Waals surface area contributed by atoms with Crippen molar-refractivity contribution in [1.82, 2.24) is 25.2 Å². The number of anilines is 2. The summed E-state index contributed by atoms with van der Waals surface area (Å²) in [7, 11) is 0. The summed E-state index contributed by atoms with van der Waals surface area (Å²) >= 11 is 12.7. The lowest BCUT2D eigenvalue weighted by Gasteiger charge is -2.11. The molecule has 8 nitrogen and oxygen atoms in total. The minimum absolute atomic E-state index is 0.150. The molecule has 0 atom stereocenters. The summed E-state index contributed by atoms with van der Waals surface area (Å²) in [5, 5.41) is 8.44. The minimum Gasteiger partial charge on any atom is -0.323 e. The molecule has 2 aromatic carbocycles. The van der Waals surface area contributed by atoms with E-state index in [2.05, 4.69) is 39.7 Å². The first-order chi connectivity index (χ1) is 16.4. The van der Waals surface area contributed by atoms with Crippen molar-refractivity contribution < 1.29 is 9.63 Å². The van der Waals surface area contributed by atoms with E-state index in [0.29, 0.717) is 33.1 Å². The standard InChI is InChI=1S/C24H22Cl2N6O2/c1-15(2)20-10-11-32(30-20)22-19(26)13-27-24(29-22)28-21-9-8-16(12-18(21)25)14-34-31-23(33)17-6-4-3-5-7-17/h3-13,15H,14H2,1-2H3,(H,31,33)(H,27,28,29). The van der Waals surface area contributed by atoms with E-state index in [0.717, 1.165) is 11.3 Å². The van der Waals surface area contributed by atoms with Crippen molar-refractivity contribution >= 4 is 40.7 Å². The molecule has 0 bridgehead atoms. The van der Waals surface area contributed by atoms with E-state index < -0.39 is 0 Å². The van der Waals surface area contributed by atoms with E-state index in [-0.39, 0.29) is 18.4 Å². The smallest absolute Gasteiger partial charge is 0.274 e. The lowest BCUT2D eigenvalue weighted by atomic mass is 10.1. The molecule has 1 amide bonds. The number of benzene rings is 2. The predicted molar refractivity (Wildman–Crippen MR) is 132 cm³/mol. The zero-order chi connectivity index (χ0) is 24.1. The van der Waals surface area contributed by atoms with Gasteiger partial charge in [-0.3, -0.25) is 9.63 Å². The number of nitrogens with one attached hydrogen (secondary N) is 2. The number of aromatic nitrogens is 4. The van der Waals surface area contributed by atoms with Crippen molar-refractivity contribution in [3.63, 3.8) is 0 Å². The second-order valence-electron chi connectivity index (χ2n) is 7.73. The first kappa shape index (κ1) is 23.7. The number of rotatable bonds is 8. The van der Waals surface area contributed by atoms with Gasteiger partial charge >= 0.3 is 0 Å². The van der Waals surface area contributed by atoms with Gasteiger partial charge in [0.15, 0.2) is 5.82 Å². The lowest BCUT2D eigenvalue weighted by molar-refractivity contribution is 0.0233. The fourth-order valence-electron chi connectivity index (χ4n) is 3.05. The molecule has 0 saturated carbocycles. The number of nitrogens with zero attached hydrogens (tertiary/aromatic N) is 4. The van der Waals surface area contributed by atoms with Crippen molar-refractivity contribution in [2.45, 2.75) is 26.4 Å². The number of amides is 1. The van der Waals surface area contributed by atoms with Crippen LogP contribution in [0.4, 0.5) is 11.6 Å². The van der Waals surface area contributed by atoms with Crippen LogP contribution < -0.4 is 10.8 Å². The predicted octanol–water partition coefficient (Wildman–Crippen LogP) is 5.70. The Labute approximate surface area is 206 Å². The minimum atomic E-state index is -0.321. The van der Waals surface area contributed by atoms with E-state index >= 15 is 0 Å². The maximum atomic E-state index is 12.0. The molecule has 4 rings (SSSR count). The van der Waals surface area contributed by atoms with Crippen molar-refractivity contribution in [3.8, 4) is 5.82 Å². The number of carbonyl (C=O) groups excluding carboxylic acids is 1. The van der Waals surface area contributed by atoms with E-state index in [9.17, 15) is 4.79 Å².